The molecule has 0 bridgehead atoms. The summed E-state index contributed by atoms with van der Waals surface area (Å²) in [7, 11) is 0. The molecule has 6 nitrogen and oxygen atoms in total. The van der Waals surface area contributed by atoms with Crippen molar-refractivity contribution in [2.75, 3.05) is 19.6 Å². The van der Waals surface area contributed by atoms with Gasteiger partial charge in [-0.05, 0) is 18.4 Å². The van der Waals surface area contributed by atoms with Gasteiger partial charge in [0, 0.05) is 38.5 Å². The van der Waals surface area contributed by atoms with Crippen molar-refractivity contribution in [3.8, 4) is 10.7 Å². The molecule has 22 heavy (non-hydrogen) atoms. The van der Waals surface area contributed by atoms with Crippen LogP contribution in [0, 0.1) is 0 Å². The summed E-state index contributed by atoms with van der Waals surface area (Å²) in [4.78, 5) is 19.5. The zero-order valence-electron chi connectivity index (χ0n) is 12.3. The number of aryl methyl sites for hydroxylation is 1. The van der Waals surface area contributed by atoms with E-state index >= 15 is 0 Å². The summed E-state index contributed by atoms with van der Waals surface area (Å²) < 4.78 is 5.22. The van der Waals surface area contributed by atoms with Gasteiger partial charge in [-0.3, -0.25) is 4.79 Å². The van der Waals surface area contributed by atoms with Gasteiger partial charge in [0.1, 0.15) is 0 Å². The highest BCUT2D eigenvalue weighted by Gasteiger charge is 2.23. The summed E-state index contributed by atoms with van der Waals surface area (Å²) in [6, 6.07) is 4.15. The van der Waals surface area contributed by atoms with Crippen LogP contribution in [0.2, 0.25) is 0 Å². The van der Waals surface area contributed by atoms with Gasteiger partial charge in [-0.15, -0.1) is 23.7 Å². The van der Waals surface area contributed by atoms with Crippen molar-refractivity contribution >= 4 is 29.7 Å². The molecule has 0 unspecified atom stereocenters. The molecule has 1 aliphatic rings. The minimum absolute atomic E-state index is 0. The molecule has 0 saturated carbocycles. The van der Waals surface area contributed by atoms with E-state index in [1.54, 1.807) is 11.3 Å². The lowest BCUT2D eigenvalue weighted by molar-refractivity contribution is -0.134. The van der Waals surface area contributed by atoms with Crippen molar-refractivity contribution < 1.29 is 9.32 Å². The van der Waals surface area contributed by atoms with E-state index in [0.717, 1.165) is 24.5 Å². The highest BCUT2D eigenvalue weighted by atomic mass is 35.5. The molecule has 1 saturated heterocycles. The number of rotatable bonds is 4. The van der Waals surface area contributed by atoms with Crippen LogP contribution in [0.4, 0.5) is 0 Å². The number of carbonyl (C=O) groups excluding carboxylic acids is 1. The highest BCUT2D eigenvalue weighted by Crippen LogP contribution is 2.21. The summed E-state index contributed by atoms with van der Waals surface area (Å²) in [5.74, 6) is 1.28. The number of hydrogen-bond acceptors (Lipinski definition) is 6. The molecular formula is C14H19ClN4O2S. The van der Waals surface area contributed by atoms with Crippen LogP contribution < -0.4 is 5.32 Å². The van der Waals surface area contributed by atoms with E-state index in [9.17, 15) is 4.79 Å². The zero-order valence-corrected chi connectivity index (χ0v) is 14.0. The molecule has 0 aliphatic carbocycles. The molecule has 1 amide bonds. The molecule has 1 aliphatic heterocycles. The Balaban J connectivity index is 0.00000176. The van der Waals surface area contributed by atoms with Crippen LogP contribution in [0.25, 0.3) is 10.7 Å². The first kappa shape index (κ1) is 16.9. The smallest absolute Gasteiger partial charge is 0.227 e. The van der Waals surface area contributed by atoms with Crippen LogP contribution in [-0.2, 0) is 11.2 Å². The number of piperazine rings is 1. The molecule has 3 heterocycles. The average Bonchev–Trinajstić information content (AvgIpc) is 3.16. The SMILES string of the molecule is C[C@@H]1CNCCN1C(=O)CCc1nc(-c2cccs2)no1.Cl. The van der Waals surface area contributed by atoms with E-state index in [1.165, 1.54) is 0 Å². The molecule has 1 atom stereocenters. The van der Waals surface area contributed by atoms with Gasteiger partial charge in [0.25, 0.3) is 0 Å². The lowest BCUT2D eigenvalue weighted by Gasteiger charge is -2.34. The van der Waals surface area contributed by atoms with Crippen LogP contribution in [0.5, 0.6) is 0 Å². The lowest BCUT2D eigenvalue weighted by Crippen LogP contribution is -2.52. The molecular weight excluding hydrogens is 324 g/mol. The zero-order chi connectivity index (χ0) is 14.7. The first-order valence-electron chi connectivity index (χ1n) is 7.10. The highest BCUT2D eigenvalue weighted by molar-refractivity contribution is 7.13. The number of thiophene rings is 1. The Bertz CT molecular complexity index is 602. The summed E-state index contributed by atoms with van der Waals surface area (Å²) in [6.07, 6.45) is 0.907. The van der Waals surface area contributed by atoms with Crippen molar-refractivity contribution in [1.29, 1.82) is 0 Å². The monoisotopic (exact) mass is 342 g/mol. The first-order chi connectivity index (χ1) is 10.2. The van der Waals surface area contributed by atoms with Crippen molar-refractivity contribution in [3.63, 3.8) is 0 Å². The minimum Gasteiger partial charge on any atom is -0.339 e. The van der Waals surface area contributed by atoms with Crippen molar-refractivity contribution in [2.45, 2.75) is 25.8 Å². The van der Waals surface area contributed by atoms with Crippen molar-refractivity contribution in [2.24, 2.45) is 0 Å². The Morgan fingerprint density at radius 2 is 2.45 bits per heavy atom. The third-order valence-corrected chi connectivity index (χ3v) is 4.45. The van der Waals surface area contributed by atoms with Gasteiger partial charge in [-0.25, -0.2) is 0 Å². The topological polar surface area (TPSA) is 71.3 Å². The summed E-state index contributed by atoms with van der Waals surface area (Å²) >= 11 is 1.57. The van der Waals surface area contributed by atoms with Crippen LogP contribution in [-0.4, -0.2) is 46.6 Å². The van der Waals surface area contributed by atoms with Crippen LogP contribution in [0.15, 0.2) is 22.0 Å². The number of nitrogens with zero attached hydrogens (tertiary/aromatic N) is 3. The predicted octanol–water partition coefficient (Wildman–Crippen LogP) is 1.97. The Labute approximate surface area is 139 Å². The van der Waals surface area contributed by atoms with Gasteiger partial charge in [0.05, 0.1) is 4.88 Å². The second kappa shape index (κ2) is 7.71. The molecule has 3 rings (SSSR count). The van der Waals surface area contributed by atoms with E-state index < -0.39 is 0 Å². The third kappa shape index (κ3) is 3.85. The van der Waals surface area contributed by atoms with Crippen LogP contribution in [0.3, 0.4) is 0 Å². The fourth-order valence-electron chi connectivity index (χ4n) is 2.43. The van der Waals surface area contributed by atoms with Gasteiger partial charge in [0.15, 0.2) is 0 Å². The first-order valence-corrected chi connectivity index (χ1v) is 7.98. The summed E-state index contributed by atoms with van der Waals surface area (Å²) in [5.41, 5.74) is 0. The molecule has 2 aromatic heterocycles. The Kier molecular flexibility index (Phi) is 5.93. The van der Waals surface area contributed by atoms with Gasteiger partial charge in [0.2, 0.25) is 17.6 Å². The third-order valence-electron chi connectivity index (χ3n) is 3.58. The largest absolute Gasteiger partial charge is 0.339 e. The normalized spacial score (nSPS) is 18.0. The molecule has 2 aromatic rings. The second-order valence-corrected chi connectivity index (χ2v) is 6.08. The molecule has 120 valence electrons. The Morgan fingerprint density at radius 3 is 3.18 bits per heavy atom. The number of amides is 1. The number of carbonyl (C=O) groups is 1. The number of halogens is 1. The summed E-state index contributed by atoms with van der Waals surface area (Å²) in [5, 5.41) is 9.20. The fraction of sp³-hybridized carbons (Fsp3) is 0.500. The van der Waals surface area contributed by atoms with Gasteiger partial charge >= 0.3 is 0 Å². The maximum absolute atomic E-state index is 12.2. The molecule has 0 radical (unpaired) electrons. The predicted molar refractivity (Wildman–Crippen MR) is 87.2 cm³/mol. The lowest BCUT2D eigenvalue weighted by atomic mass is 10.2. The van der Waals surface area contributed by atoms with E-state index in [-0.39, 0.29) is 24.4 Å². The molecule has 0 aromatic carbocycles. The molecule has 1 N–H and O–H groups in total. The maximum atomic E-state index is 12.2. The average molecular weight is 343 g/mol. The van der Waals surface area contributed by atoms with E-state index in [2.05, 4.69) is 22.4 Å². The van der Waals surface area contributed by atoms with E-state index in [4.69, 9.17) is 4.52 Å². The van der Waals surface area contributed by atoms with Crippen LogP contribution >= 0.6 is 23.7 Å². The molecule has 8 heteroatoms. The van der Waals surface area contributed by atoms with Crippen LogP contribution in [0.1, 0.15) is 19.2 Å². The molecule has 0 spiro atoms. The van der Waals surface area contributed by atoms with Crippen molar-refractivity contribution in [3.05, 3.63) is 23.4 Å². The van der Waals surface area contributed by atoms with E-state index in [1.807, 2.05) is 22.4 Å². The molecule has 1 fully saturated rings. The number of nitrogens with one attached hydrogen (secondary N) is 1. The fourth-order valence-corrected chi connectivity index (χ4v) is 3.08. The van der Waals surface area contributed by atoms with Crippen molar-refractivity contribution in [1.82, 2.24) is 20.4 Å². The Morgan fingerprint density at radius 1 is 1.59 bits per heavy atom. The maximum Gasteiger partial charge on any atom is 0.227 e. The second-order valence-electron chi connectivity index (χ2n) is 5.13. The standard InChI is InChI=1S/C14H18N4O2S.ClH/c1-10-9-15-6-7-18(10)13(19)5-4-12-16-14(17-20-12)11-3-2-8-21-11;/h2-3,8,10,15H,4-7,9H2,1H3;1H/t10-;/m1./s1. The van der Waals surface area contributed by atoms with Gasteiger partial charge < -0.3 is 14.7 Å². The quantitative estimate of drug-likeness (QED) is 0.919. The minimum atomic E-state index is 0. The number of aromatic nitrogens is 2. The number of hydrogen-bond donors (Lipinski definition) is 1. The Hall–Kier alpha value is -1.44. The van der Waals surface area contributed by atoms with E-state index in [0.29, 0.717) is 24.6 Å². The van der Waals surface area contributed by atoms with Gasteiger partial charge in [-0.2, -0.15) is 4.98 Å². The van der Waals surface area contributed by atoms with Gasteiger partial charge in [-0.1, -0.05) is 11.2 Å². The summed E-state index contributed by atoms with van der Waals surface area (Å²) in [6.45, 7) is 4.55.